The maximum absolute atomic E-state index is 13.2. The lowest BCUT2D eigenvalue weighted by atomic mass is 10.0. The molecule has 0 aliphatic rings. The highest BCUT2D eigenvalue weighted by molar-refractivity contribution is 7.98. The minimum absolute atomic E-state index is 0.0156. The molecule has 13 heteroatoms. The first-order valence-corrected chi connectivity index (χ1v) is 14.0. The number of nitrogens with one attached hydrogen (secondary N) is 4. The number of benzene rings is 1. The average Bonchev–Trinajstić information content (AvgIpc) is 3.28. The van der Waals surface area contributed by atoms with Gasteiger partial charge in [0.25, 0.3) is 0 Å². The summed E-state index contributed by atoms with van der Waals surface area (Å²) in [5, 5.41) is 18.2. The van der Waals surface area contributed by atoms with Gasteiger partial charge in [-0.25, -0.2) is 4.79 Å². The number of aliphatic carboxylic acids is 1. The van der Waals surface area contributed by atoms with Gasteiger partial charge in [0, 0.05) is 23.5 Å². The maximum Gasteiger partial charge on any atom is 0.326 e. The van der Waals surface area contributed by atoms with Gasteiger partial charge in [-0.2, -0.15) is 11.8 Å². The van der Waals surface area contributed by atoms with Crippen LogP contribution in [0, 0.1) is 5.92 Å². The fourth-order valence-corrected chi connectivity index (χ4v) is 4.52. The van der Waals surface area contributed by atoms with Gasteiger partial charge in [-0.15, -0.1) is 0 Å². The fraction of sp³-hybridized carbons (Fsp3) is 0.500. The summed E-state index contributed by atoms with van der Waals surface area (Å²) in [4.78, 5) is 65.5. The van der Waals surface area contributed by atoms with Crippen LogP contribution < -0.4 is 27.4 Å². The van der Waals surface area contributed by atoms with Gasteiger partial charge in [-0.3, -0.25) is 19.2 Å². The summed E-state index contributed by atoms with van der Waals surface area (Å²) in [6.07, 6.45) is 3.62. The second kappa shape index (κ2) is 15.1. The number of carbonyl (C=O) groups excluding carboxylic acids is 4. The molecule has 214 valence electrons. The van der Waals surface area contributed by atoms with Gasteiger partial charge in [0.15, 0.2) is 0 Å². The molecule has 0 aliphatic carbocycles. The average molecular weight is 563 g/mol. The molecule has 4 unspecified atom stereocenters. The highest BCUT2D eigenvalue weighted by atomic mass is 32.2. The molecular formula is C26H38N6O6S. The van der Waals surface area contributed by atoms with E-state index in [9.17, 15) is 29.1 Å². The number of para-hydroxylation sites is 1. The topological polar surface area (TPSA) is 209 Å². The molecule has 2 aromatic rings. The number of carboxylic acid groups (broad SMARTS) is 1. The van der Waals surface area contributed by atoms with Crippen LogP contribution in [-0.2, 0) is 30.4 Å². The Morgan fingerprint density at radius 1 is 0.974 bits per heavy atom. The summed E-state index contributed by atoms with van der Waals surface area (Å²) in [6, 6.07) is 2.76. The SMILES string of the molecule is CSCCC(N)C(=O)NC(CC(N)=O)C(=O)NC(CC(C)C)C(=O)NC(Cc1c[nH]c2ccccc12)C(=O)O. The van der Waals surface area contributed by atoms with E-state index >= 15 is 0 Å². The number of H-pyrrole nitrogens is 1. The molecule has 1 aromatic heterocycles. The van der Waals surface area contributed by atoms with Crippen LogP contribution in [0.15, 0.2) is 30.5 Å². The number of rotatable bonds is 16. The molecular weight excluding hydrogens is 524 g/mol. The molecule has 0 saturated heterocycles. The number of aromatic amines is 1. The number of primary amides is 1. The second-order valence-corrected chi connectivity index (χ2v) is 10.8. The van der Waals surface area contributed by atoms with Crippen LogP contribution >= 0.6 is 11.8 Å². The Labute approximate surface area is 231 Å². The number of nitrogens with two attached hydrogens (primary N) is 2. The van der Waals surface area contributed by atoms with Gasteiger partial charge >= 0.3 is 5.97 Å². The van der Waals surface area contributed by atoms with Gasteiger partial charge in [-0.1, -0.05) is 32.0 Å². The Balaban J connectivity index is 2.17. The van der Waals surface area contributed by atoms with E-state index in [1.54, 1.807) is 6.20 Å². The van der Waals surface area contributed by atoms with Gasteiger partial charge in [0.05, 0.1) is 12.5 Å². The first-order valence-electron chi connectivity index (χ1n) is 12.6. The highest BCUT2D eigenvalue weighted by Gasteiger charge is 2.31. The molecule has 1 heterocycles. The van der Waals surface area contributed by atoms with E-state index in [4.69, 9.17) is 11.5 Å². The van der Waals surface area contributed by atoms with E-state index in [0.717, 1.165) is 10.9 Å². The molecule has 0 spiro atoms. The Bertz CT molecular complexity index is 1170. The first kappa shape index (κ1) is 31.6. The van der Waals surface area contributed by atoms with Crippen LogP contribution in [0.2, 0.25) is 0 Å². The van der Waals surface area contributed by atoms with Crippen molar-refractivity contribution in [3.05, 3.63) is 36.0 Å². The normalized spacial score (nSPS) is 14.3. The van der Waals surface area contributed by atoms with Crippen molar-refractivity contribution in [2.24, 2.45) is 17.4 Å². The minimum Gasteiger partial charge on any atom is -0.480 e. The molecule has 0 bridgehead atoms. The van der Waals surface area contributed by atoms with Crippen LogP contribution in [0.5, 0.6) is 0 Å². The highest BCUT2D eigenvalue weighted by Crippen LogP contribution is 2.19. The van der Waals surface area contributed by atoms with E-state index in [-0.39, 0.29) is 18.8 Å². The lowest BCUT2D eigenvalue weighted by molar-refractivity contribution is -0.142. The predicted molar refractivity (Wildman–Crippen MR) is 150 cm³/mol. The van der Waals surface area contributed by atoms with Crippen LogP contribution in [0.25, 0.3) is 10.9 Å². The number of hydrogen-bond acceptors (Lipinski definition) is 7. The Kier molecular flexibility index (Phi) is 12.3. The van der Waals surface area contributed by atoms with Gasteiger partial charge in [0.1, 0.15) is 18.1 Å². The Morgan fingerprint density at radius 2 is 1.59 bits per heavy atom. The zero-order valence-electron chi connectivity index (χ0n) is 22.4. The monoisotopic (exact) mass is 562 g/mol. The number of carboxylic acids is 1. The molecule has 9 N–H and O–H groups in total. The van der Waals surface area contributed by atoms with Crippen molar-refractivity contribution in [3.63, 3.8) is 0 Å². The van der Waals surface area contributed by atoms with Crippen LogP contribution in [0.1, 0.15) is 38.7 Å². The van der Waals surface area contributed by atoms with Crippen molar-refractivity contribution < 1.29 is 29.1 Å². The summed E-state index contributed by atoms with van der Waals surface area (Å²) in [6.45, 7) is 3.67. The van der Waals surface area contributed by atoms with Crippen molar-refractivity contribution >= 4 is 52.3 Å². The van der Waals surface area contributed by atoms with Crippen molar-refractivity contribution in [1.29, 1.82) is 0 Å². The Morgan fingerprint density at radius 3 is 2.21 bits per heavy atom. The molecule has 0 radical (unpaired) electrons. The van der Waals surface area contributed by atoms with Crippen molar-refractivity contribution in [2.75, 3.05) is 12.0 Å². The molecule has 0 aliphatic heterocycles. The maximum atomic E-state index is 13.2. The predicted octanol–water partition coefficient (Wildman–Crippen LogP) is 0.251. The third kappa shape index (κ3) is 9.91. The standard InChI is InChI=1S/C26H38N6O6S/c1-14(2)10-19(31-25(36)20(12-22(28)33)30-23(34)17(27)8-9-39-3)24(35)32-21(26(37)38)11-15-13-29-18-7-5-4-6-16(15)18/h4-7,13-14,17,19-21,29H,8-12,27H2,1-3H3,(H2,28,33)(H,30,34)(H,31,36)(H,32,35)(H,37,38). The third-order valence-corrected chi connectivity index (χ3v) is 6.71. The summed E-state index contributed by atoms with van der Waals surface area (Å²) in [5.41, 5.74) is 12.7. The zero-order chi connectivity index (χ0) is 29.1. The number of amides is 4. The van der Waals surface area contributed by atoms with Gasteiger partial charge in [0.2, 0.25) is 23.6 Å². The lowest BCUT2D eigenvalue weighted by Gasteiger charge is -2.25. The number of thioether (sulfide) groups is 1. The first-order chi connectivity index (χ1) is 18.4. The molecule has 0 saturated carbocycles. The summed E-state index contributed by atoms with van der Waals surface area (Å²) in [7, 11) is 0. The number of carbonyl (C=O) groups is 5. The quantitative estimate of drug-likeness (QED) is 0.150. The lowest BCUT2D eigenvalue weighted by Crippen LogP contribution is -2.58. The molecule has 0 fully saturated rings. The number of fused-ring (bicyclic) bond motifs is 1. The minimum atomic E-state index is -1.35. The largest absolute Gasteiger partial charge is 0.480 e. The summed E-state index contributed by atoms with van der Waals surface area (Å²) >= 11 is 1.51. The van der Waals surface area contributed by atoms with E-state index in [0.29, 0.717) is 17.7 Å². The summed E-state index contributed by atoms with van der Waals surface area (Å²) in [5.74, 6) is -3.62. The van der Waals surface area contributed by atoms with Gasteiger partial charge in [-0.05, 0) is 42.4 Å². The zero-order valence-corrected chi connectivity index (χ0v) is 23.2. The number of hydrogen-bond donors (Lipinski definition) is 7. The van der Waals surface area contributed by atoms with E-state index in [1.807, 2.05) is 44.4 Å². The van der Waals surface area contributed by atoms with Gasteiger partial charge < -0.3 is 37.5 Å². The second-order valence-electron chi connectivity index (χ2n) is 9.77. The van der Waals surface area contributed by atoms with Crippen LogP contribution in [0.4, 0.5) is 0 Å². The third-order valence-electron chi connectivity index (χ3n) is 6.06. The smallest absolute Gasteiger partial charge is 0.326 e. The molecule has 1 aromatic carbocycles. The molecule has 12 nitrogen and oxygen atoms in total. The van der Waals surface area contributed by atoms with Crippen molar-refractivity contribution in [3.8, 4) is 0 Å². The van der Waals surface area contributed by atoms with Crippen LogP contribution in [0.3, 0.4) is 0 Å². The van der Waals surface area contributed by atoms with Crippen LogP contribution in [-0.4, -0.2) is 75.9 Å². The summed E-state index contributed by atoms with van der Waals surface area (Å²) < 4.78 is 0. The molecule has 4 amide bonds. The molecule has 4 atom stereocenters. The van der Waals surface area contributed by atoms with E-state index in [1.165, 1.54) is 11.8 Å². The molecule has 2 rings (SSSR count). The number of aromatic nitrogens is 1. The van der Waals surface area contributed by atoms with E-state index < -0.39 is 60.2 Å². The fourth-order valence-electron chi connectivity index (χ4n) is 4.03. The molecule has 39 heavy (non-hydrogen) atoms. The van der Waals surface area contributed by atoms with Crippen molar-refractivity contribution in [2.45, 2.75) is 63.7 Å². The Hall–Kier alpha value is -3.58. The van der Waals surface area contributed by atoms with Crippen molar-refractivity contribution in [1.82, 2.24) is 20.9 Å². The van der Waals surface area contributed by atoms with E-state index in [2.05, 4.69) is 20.9 Å².